The molecule has 0 unspecified atom stereocenters. The van der Waals surface area contributed by atoms with Crippen LogP contribution in [0.5, 0.6) is 0 Å². The molecule has 0 saturated carbocycles. The van der Waals surface area contributed by atoms with Gasteiger partial charge < -0.3 is 5.11 Å². The minimum atomic E-state index is -0.919. The Morgan fingerprint density at radius 1 is 1.50 bits per heavy atom. The first-order valence-corrected chi connectivity index (χ1v) is 4.22. The molecular formula is C12H12O2. The van der Waals surface area contributed by atoms with Gasteiger partial charge in [0.05, 0.1) is 5.56 Å². The Labute approximate surface area is 82.5 Å². The van der Waals surface area contributed by atoms with Crippen molar-refractivity contribution in [2.75, 3.05) is 0 Å². The van der Waals surface area contributed by atoms with Crippen molar-refractivity contribution in [1.29, 1.82) is 0 Å². The number of carboxylic acid groups (broad SMARTS) is 1. The van der Waals surface area contributed by atoms with Crippen molar-refractivity contribution in [2.24, 2.45) is 0 Å². The second-order valence-electron chi connectivity index (χ2n) is 3.07. The molecule has 14 heavy (non-hydrogen) atoms. The summed E-state index contributed by atoms with van der Waals surface area (Å²) in [5, 5.41) is 10.5. The number of benzene rings is 1. The van der Waals surface area contributed by atoms with E-state index >= 15 is 0 Å². The fraction of sp³-hybridized carbons (Fsp3) is 0.0833. The summed E-state index contributed by atoms with van der Waals surface area (Å²) in [5.41, 5.74) is 1.04. The smallest absolute Gasteiger partial charge is 0.335 e. The maximum Gasteiger partial charge on any atom is 0.335 e. The Balaban J connectivity index is 3.54. The normalized spacial score (nSPS) is 11.4. The molecule has 0 heterocycles. The number of carbonyl (C=O) groups is 1. The summed E-state index contributed by atoms with van der Waals surface area (Å²) in [6, 6.07) is 3.38. The second-order valence-corrected chi connectivity index (χ2v) is 3.07. The van der Waals surface area contributed by atoms with E-state index in [4.69, 9.17) is 5.11 Å². The number of carboxylic acids is 1. The maximum absolute atomic E-state index is 10.8. The zero-order valence-corrected chi connectivity index (χ0v) is 8.08. The molecule has 0 aliphatic heterocycles. The van der Waals surface area contributed by atoms with Crippen molar-refractivity contribution in [3.63, 3.8) is 0 Å². The van der Waals surface area contributed by atoms with Gasteiger partial charge in [-0.2, -0.15) is 0 Å². The van der Waals surface area contributed by atoms with Crippen molar-refractivity contribution >= 4 is 18.6 Å². The molecule has 0 spiro atoms. The fourth-order valence-corrected chi connectivity index (χ4v) is 1.29. The molecule has 0 aromatic heterocycles. The van der Waals surface area contributed by atoms with Crippen molar-refractivity contribution < 1.29 is 9.90 Å². The van der Waals surface area contributed by atoms with Crippen molar-refractivity contribution in [2.45, 2.75) is 6.92 Å². The highest BCUT2D eigenvalue weighted by molar-refractivity contribution is 5.89. The number of hydrogen-bond acceptors (Lipinski definition) is 1. The average molecular weight is 188 g/mol. The van der Waals surface area contributed by atoms with E-state index in [1.807, 2.05) is 0 Å². The molecule has 72 valence electrons. The van der Waals surface area contributed by atoms with Crippen LogP contribution in [0, 0.1) is 6.92 Å². The standard InChI is InChI=1S/C12H12O2/c1-4-5-10-6-9(3)11(12(13)14)7-8(10)2/h4-7H,1-2H2,3H3,(H,13,14)/b10-5-. The van der Waals surface area contributed by atoms with Crippen LogP contribution in [0.15, 0.2) is 24.8 Å². The van der Waals surface area contributed by atoms with Gasteiger partial charge in [0, 0.05) is 0 Å². The Morgan fingerprint density at radius 2 is 2.14 bits per heavy atom. The van der Waals surface area contributed by atoms with E-state index in [2.05, 4.69) is 13.2 Å². The molecule has 1 N–H and O–H groups in total. The topological polar surface area (TPSA) is 37.3 Å². The van der Waals surface area contributed by atoms with Gasteiger partial charge >= 0.3 is 5.97 Å². The summed E-state index contributed by atoms with van der Waals surface area (Å²) in [5.74, 6) is -0.919. The lowest BCUT2D eigenvalue weighted by Gasteiger charge is -2.00. The second kappa shape index (κ2) is 3.92. The van der Waals surface area contributed by atoms with E-state index in [-0.39, 0.29) is 0 Å². The van der Waals surface area contributed by atoms with Crippen LogP contribution in [0.25, 0.3) is 12.7 Å². The van der Waals surface area contributed by atoms with E-state index in [0.717, 1.165) is 10.8 Å². The Morgan fingerprint density at radius 3 is 2.64 bits per heavy atom. The van der Waals surface area contributed by atoms with Crippen molar-refractivity contribution in [3.05, 3.63) is 46.4 Å². The summed E-state index contributed by atoms with van der Waals surface area (Å²) in [7, 11) is 0. The van der Waals surface area contributed by atoms with Gasteiger partial charge in [-0.25, -0.2) is 4.79 Å². The van der Waals surface area contributed by atoms with Gasteiger partial charge in [0.2, 0.25) is 0 Å². The van der Waals surface area contributed by atoms with Crippen LogP contribution in [0.2, 0.25) is 0 Å². The summed E-state index contributed by atoms with van der Waals surface area (Å²) in [4.78, 5) is 10.8. The third-order valence-electron chi connectivity index (χ3n) is 2.01. The van der Waals surface area contributed by atoms with Crippen molar-refractivity contribution in [3.8, 4) is 0 Å². The number of aromatic carboxylic acids is 1. The first-order valence-electron chi connectivity index (χ1n) is 4.22. The molecule has 0 aliphatic carbocycles. The lowest BCUT2D eigenvalue weighted by molar-refractivity contribution is 0.0696. The molecule has 2 heteroatoms. The molecule has 0 aliphatic rings. The first kappa shape index (κ1) is 10.3. The highest BCUT2D eigenvalue weighted by atomic mass is 16.4. The molecule has 1 aromatic carbocycles. The third kappa shape index (κ3) is 1.91. The van der Waals surface area contributed by atoms with Gasteiger partial charge in [0.1, 0.15) is 0 Å². The summed E-state index contributed by atoms with van der Waals surface area (Å²) >= 11 is 0. The molecule has 0 radical (unpaired) electrons. The van der Waals surface area contributed by atoms with Crippen LogP contribution in [-0.4, -0.2) is 11.1 Å². The van der Waals surface area contributed by atoms with E-state index < -0.39 is 5.97 Å². The van der Waals surface area contributed by atoms with Gasteiger partial charge in [-0.1, -0.05) is 31.4 Å². The minimum absolute atomic E-state index is 0.302. The molecule has 0 fully saturated rings. The Hall–Kier alpha value is -1.83. The Bertz CT molecular complexity index is 484. The largest absolute Gasteiger partial charge is 0.478 e. The molecule has 0 saturated heterocycles. The zero-order chi connectivity index (χ0) is 10.7. The number of hydrogen-bond donors (Lipinski definition) is 1. The van der Waals surface area contributed by atoms with Crippen LogP contribution < -0.4 is 10.4 Å². The summed E-state index contributed by atoms with van der Waals surface area (Å²) in [6.45, 7) is 9.13. The van der Waals surface area contributed by atoms with Crippen LogP contribution in [0.1, 0.15) is 15.9 Å². The molecule has 0 amide bonds. The highest BCUT2D eigenvalue weighted by Gasteiger charge is 2.05. The van der Waals surface area contributed by atoms with E-state index in [0.29, 0.717) is 10.8 Å². The van der Waals surface area contributed by atoms with Gasteiger partial charge in [0.25, 0.3) is 0 Å². The zero-order valence-electron chi connectivity index (χ0n) is 8.08. The van der Waals surface area contributed by atoms with Crippen LogP contribution in [0.4, 0.5) is 0 Å². The predicted molar refractivity (Wildman–Crippen MR) is 57.6 cm³/mol. The van der Waals surface area contributed by atoms with Crippen LogP contribution >= 0.6 is 0 Å². The van der Waals surface area contributed by atoms with E-state index in [1.54, 1.807) is 31.2 Å². The number of rotatable bonds is 2. The van der Waals surface area contributed by atoms with Gasteiger partial charge in [-0.3, -0.25) is 0 Å². The van der Waals surface area contributed by atoms with Gasteiger partial charge in [-0.15, -0.1) is 0 Å². The lowest BCUT2D eigenvalue weighted by atomic mass is 10.1. The van der Waals surface area contributed by atoms with Crippen molar-refractivity contribution in [1.82, 2.24) is 0 Å². The minimum Gasteiger partial charge on any atom is -0.478 e. The average Bonchev–Trinajstić information content (AvgIpc) is 2.10. The summed E-state index contributed by atoms with van der Waals surface area (Å²) in [6.07, 6.45) is 3.46. The maximum atomic E-state index is 10.8. The number of aryl methyl sites for hydroxylation is 1. The first-order chi connectivity index (χ1) is 6.56. The SMILES string of the molecule is C=C/C=c1/cc(C)c(C(=O)O)cc1=C. The summed E-state index contributed by atoms with van der Waals surface area (Å²) < 4.78 is 0. The van der Waals surface area contributed by atoms with Crippen LogP contribution in [-0.2, 0) is 0 Å². The van der Waals surface area contributed by atoms with E-state index in [9.17, 15) is 4.79 Å². The van der Waals surface area contributed by atoms with E-state index in [1.165, 1.54) is 0 Å². The molecule has 0 atom stereocenters. The fourth-order valence-electron chi connectivity index (χ4n) is 1.29. The highest BCUT2D eigenvalue weighted by Crippen LogP contribution is 2.00. The van der Waals surface area contributed by atoms with Crippen LogP contribution in [0.3, 0.4) is 0 Å². The predicted octanol–water partition coefficient (Wildman–Crippen LogP) is 1.07. The quantitative estimate of drug-likeness (QED) is 0.753. The molecule has 1 rings (SSSR count). The van der Waals surface area contributed by atoms with Gasteiger partial charge in [-0.05, 0) is 29.0 Å². The monoisotopic (exact) mass is 188 g/mol. The third-order valence-corrected chi connectivity index (χ3v) is 2.01. The molecule has 0 bridgehead atoms. The molecule has 2 nitrogen and oxygen atoms in total. The van der Waals surface area contributed by atoms with Gasteiger partial charge in [0.15, 0.2) is 0 Å². The Kier molecular flexibility index (Phi) is 2.87. The molecule has 1 aromatic rings. The lowest BCUT2D eigenvalue weighted by Crippen LogP contribution is -2.25. The number of allylic oxidation sites excluding steroid dienone is 1. The molecular weight excluding hydrogens is 176 g/mol.